The minimum absolute atomic E-state index is 0. The van der Waals surface area contributed by atoms with E-state index in [1.165, 1.54) is 5.51 Å². The fourth-order valence-electron chi connectivity index (χ4n) is 1.03. The van der Waals surface area contributed by atoms with E-state index in [0.29, 0.717) is 0 Å². The highest BCUT2D eigenvalue weighted by atomic mass is 35.5. The SMILES string of the molecule is COC(=O)c1ncsc1S(=O)(=O)N[C@@H](C)CN.Cl. The van der Waals surface area contributed by atoms with Gasteiger partial charge in [-0.1, -0.05) is 0 Å². The van der Waals surface area contributed by atoms with E-state index in [2.05, 4.69) is 14.4 Å². The van der Waals surface area contributed by atoms with Gasteiger partial charge in [-0.05, 0) is 6.92 Å². The van der Waals surface area contributed by atoms with Crippen molar-refractivity contribution in [3.8, 4) is 0 Å². The van der Waals surface area contributed by atoms with Gasteiger partial charge >= 0.3 is 5.97 Å². The number of nitrogens with zero attached hydrogens (tertiary/aromatic N) is 1. The fourth-order valence-corrected chi connectivity index (χ4v) is 3.43. The van der Waals surface area contributed by atoms with Crippen LogP contribution >= 0.6 is 23.7 Å². The molecule has 0 aromatic carbocycles. The summed E-state index contributed by atoms with van der Waals surface area (Å²) in [6.07, 6.45) is 0. The number of halogens is 1. The molecule has 0 spiro atoms. The maximum absolute atomic E-state index is 11.9. The zero-order valence-electron chi connectivity index (χ0n) is 9.74. The standard InChI is InChI=1S/C8H13N3O4S2.ClH/c1-5(3-9)11-17(13,14)8-6(7(12)15-2)10-4-16-8;/h4-5,11H,3,9H2,1-2H3;1H/t5-;/m0./s1. The van der Waals surface area contributed by atoms with Crippen molar-refractivity contribution in [2.24, 2.45) is 5.73 Å². The zero-order valence-corrected chi connectivity index (χ0v) is 12.2. The number of nitrogens with one attached hydrogen (secondary N) is 1. The van der Waals surface area contributed by atoms with E-state index in [4.69, 9.17) is 5.73 Å². The molecule has 18 heavy (non-hydrogen) atoms. The van der Waals surface area contributed by atoms with Crippen LogP contribution in [0.3, 0.4) is 0 Å². The number of esters is 1. The molecule has 3 N–H and O–H groups in total. The van der Waals surface area contributed by atoms with Gasteiger partial charge in [0.05, 0.1) is 12.6 Å². The van der Waals surface area contributed by atoms with Crippen molar-refractivity contribution in [3.63, 3.8) is 0 Å². The monoisotopic (exact) mass is 315 g/mol. The van der Waals surface area contributed by atoms with Crippen LogP contribution in [-0.2, 0) is 14.8 Å². The third kappa shape index (κ3) is 3.89. The van der Waals surface area contributed by atoms with Gasteiger partial charge in [-0.15, -0.1) is 23.7 Å². The second kappa shape index (κ2) is 7.00. The average molecular weight is 316 g/mol. The molecular weight excluding hydrogens is 302 g/mol. The molecule has 0 fully saturated rings. The Morgan fingerprint density at radius 3 is 2.78 bits per heavy atom. The molecule has 0 saturated heterocycles. The molecule has 1 atom stereocenters. The molecular formula is C8H14ClN3O4S2. The summed E-state index contributed by atoms with van der Waals surface area (Å²) in [6.45, 7) is 1.78. The predicted octanol–water partition coefficient (Wildman–Crippen LogP) is -0.0230. The van der Waals surface area contributed by atoms with E-state index in [0.717, 1.165) is 18.4 Å². The first-order valence-electron chi connectivity index (χ1n) is 4.66. The molecule has 7 nitrogen and oxygen atoms in total. The Bertz CT molecular complexity index is 502. The second-order valence-corrected chi connectivity index (χ2v) is 6.00. The highest BCUT2D eigenvalue weighted by Gasteiger charge is 2.27. The quantitative estimate of drug-likeness (QED) is 0.738. The van der Waals surface area contributed by atoms with Crippen LogP contribution in [0.5, 0.6) is 0 Å². The van der Waals surface area contributed by atoms with Gasteiger partial charge in [0.15, 0.2) is 9.90 Å². The lowest BCUT2D eigenvalue weighted by Gasteiger charge is -2.10. The molecule has 1 aromatic heterocycles. The lowest BCUT2D eigenvalue weighted by molar-refractivity contribution is 0.0590. The minimum atomic E-state index is -3.79. The van der Waals surface area contributed by atoms with Crippen molar-refractivity contribution in [3.05, 3.63) is 11.2 Å². The summed E-state index contributed by atoms with van der Waals surface area (Å²) in [7, 11) is -2.63. The Hall–Kier alpha value is -0.740. The molecule has 0 amide bonds. The molecule has 0 unspecified atom stereocenters. The normalized spacial score (nSPS) is 12.6. The number of thiazole rings is 1. The van der Waals surface area contributed by atoms with Crippen molar-refractivity contribution < 1.29 is 17.9 Å². The highest BCUT2D eigenvalue weighted by molar-refractivity contribution is 7.91. The van der Waals surface area contributed by atoms with E-state index >= 15 is 0 Å². The number of aromatic nitrogens is 1. The third-order valence-electron chi connectivity index (χ3n) is 1.87. The van der Waals surface area contributed by atoms with Gasteiger partial charge in [-0.25, -0.2) is 22.9 Å². The van der Waals surface area contributed by atoms with Crippen molar-refractivity contribution in [1.82, 2.24) is 9.71 Å². The Morgan fingerprint density at radius 1 is 1.67 bits per heavy atom. The number of rotatable bonds is 5. The maximum atomic E-state index is 11.9. The first-order valence-corrected chi connectivity index (χ1v) is 7.03. The smallest absolute Gasteiger partial charge is 0.358 e. The van der Waals surface area contributed by atoms with E-state index < -0.39 is 22.0 Å². The van der Waals surface area contributed by atoms with Crippen LogP contribution in [-0.4, -0.2) is 39.1 Å². The van der Waals surface area contributed by atoms with Gasteiger partial charge in [0, 0.05) is 12.6 Å². The summed E-state index contributed by atoms with van der Waals surface area (Å²) in [5, 5.41) is 0. The number of hydrogen-bond donors (Lipinski definition) is 2. The lowest BCUT2D eigenvalue weighted by Crippen LogP contribution is -2.38. The molecule has 0 saturated carbocycles. The molecule has 0 radical (unpaired) electrons. The minimum Gasteiger partial charge on any atom is -0.464 e. The second-order valence-electron chi connectivity index (χ2n) is 3.24. The van der Waals surface area contributed by atoms with Crippen molar-refractivity contribution >= 4 is 39.7 Å². The van der Waals surface area contributed by atoms with Gasteiger partial charge in [0.25, 0.3) is 10.0 Å². The van der Waals surface area contributed by atoms with E-state index in [-0.39, 0.29) is 28.9 Å². The summed E-state index contributed by atoms with van der Waals surface area (Å²) in [5.41, 5.74) is 6.38. The van der Waals surface area contributed by atoms with Crippen LogP contribution in [0.2, 0.25) is 0 Å². The number of hydrogen-bond acceptors (Lipinski definition) is 7. The zero-order chi connectivity index (χ0) is 13.1. The Morgan fingerprint density at radius 2 is 2.28 bits per heavy atom. The van der Waals surface area contributed by atoms with Crippen LogP contribution in [0.4, 0.5) is 0 Å². The number of methoxy groups -OCH3 is 1. The average Bonchev–Trinajstić information content (AvgIpc) is 2.76. The maximum Gasteiger partial charge on any atom is 0.358 e. The Kier molecular flexibility index (Phi) is 6.71. The fraction of sp³-hybridized carbons (Fsp3) is 0.500. The van der Waals surface area contributed by atoms with Crippen LogP contribution in [0.15, 0.2) is 9.72 Å². The summed E-state index contributed by atoms with van der Waals surface area (Å²) >= 11 is 0.849. The molecule has 104 valence electrons. The van der Waals surface area contributed by atoms with Gasteiger partial charge in [-0.2, -0.15) is 0 Å². The number of nitrogens with two attached hydrogens (primary N) is 1. The first-order chi connectivity index (χ1) is 7.92. The number of carbonyl (C=O) groups excluding carboxylic acids is 1. The summed E-state index contributed by atoms with van der Waals surface area (Å²) in [5.74, 6) is -0.785. The predicted molar refractivity (Wildman–Crippen MR) is 69.5 cm³/mol. The summed E-state index contributed by atoms with van der Waals surface area (Å²) < 4.78 is 30.4. The molecule has 0 bridgehead atoms. The van der Waals surface area contributed by atoms with Crippen LogP contribution in [0.1, 0.15) is 17.4 Å². The molecule has 10 heteroatoms. The number of sulfonamides is 1. The largest absolute Gasteiger partial charge is 0.464 e. The van der Waals surface area contributed by atoms with Crippen LogP contribution in [0.25, 0.3) is 0 Å². The lowest BCUT2D eigenvalue weighted by atomic mass is 10.4. The van der Waals surface area contributed by atoms with E-state index in [1.54, 1.807) is 6.92 Å². The Balaban J connectivity index is 0.00000289. The van der Waals surface area contributed by atoms with Gasteiger partial charge < -0.3 is 10.5 Å². The topological polar surface area (TPSA) is 111 Å². The molecule has 0 aliphatic carbocycles. The number of carbonyl (C=O) groups is 1. The van der Waals surface area contributed by atoms with Crippen molar-refractivity contribution in [1.29, 1.82) is 0 Å². The third-order valence-corrected chi connectivity index (χ3v) is 4.83. The van der Waals surface area contributed by atoms with Crippen LogP contribution in [0, 0.1) is 0 Å². The van der Waals surface area contributed by atoms with E-state index in [1.807, 2.05) is 0 Å². The van der Waals surface area contributed by atoms with Crippen molar-refractivity contribution in [2.45, 2.75) is 17.2 Å². The molecule has 1 rings (SSSR count). The van der Waals surface area contributed by atoms with Crippen molar-refractivity contribution in [2.75, 3.05) is 13.7 Å². The highest BCUT2D eigenvalue weighted by Crippen LogP contribution is 2.20. The van der Waals surface area contributed by atoms with Crippen LogP contribution < -0.4 is 10.5 Å². The van der Waals surface area contributed by atoms with E-state index in [9.17, 15) is 13.2 Å². The van der Waals surface area contributed by atoms with Gasteiger partial charge in [-0.3, -0.25) is 0 Å². The molecule has 1 heterocycles. The first kappa shape index (κ1) is 17.3. The van der Waals surface area contributed by atoms with Gasteiger partial charge in [0.1, 0.15) is 0 Å². The van der Waals surface area contributed by atoms with Gasteiger partial charge in [0.2, 0.25) is 0 Å². The number of ether oxygens (including phenoxy) is 1. The Labute approximate surface area is 115 Å². The molecule has 1 aromatic rings. The summed E-state index contributed by atoms with van der Waals surface area (Å²) in [6, 6.07) is -0.424. The summed E-state index contributed by atoms with van der Waals surface area (Å²) in [4.78, 5) is 15.0. The molecule has 0 aliphatic rings. The molecule has 0 aliphatic heterocycles.